The van der Waals surface area contributed by atoms with Crippen LogP contribution in [0.5, 0.6) is 5.75 Å². The number of benzene rings is 1. The SMILES string of the molecule is Cc1cc(OC[C@@H](O)COC2CCOCC2)ccc1Br. The number of ether oxygens (including phenoxy) is 3. The summed E-state index contributed by atoms with van der Waals surface area (Å²) in [6.45, 7) is 4.04. The molecule has 5 heteroatoms. The van der Waals surface area contributed by atoms with Crippen molar-refractivity contribution >= 4 is 15.9 Å². The lowest BCUT2D eigenvalue weighted by atomic mass is 10.1. The molecule has 0 aromatic heterocycles. The molecule has 1 heterocycles. The molecule has 112 valence electrons. The molecule has 0 amide bonds. The van der Waals surface area contributed by atoms with Gasteiger partial charge >= 0.3 is 0 Å². The fourth-order valence-electron chi connectivity index (χ4n) is 2.04. The molecule has 0 radical (unpaired) electrons. The number of aliphatic hydroxyl groups excluding tert-OH is 1. The molecular weight excluding hydrogens is 324 g/mol. The second-order valence-corrected chi connectivity index (χ2v) is 5.88. The Morgan fingerprint density at radius 2 is 2.10 bits per heavy atom. The van der Waals surface area contributed by atoms with Gasteiger partial charge in [-0.2, -0.15) is 0 Å². The van der Waals surface area contributed by atoms with Crippen LogP contribution >= 0.6 is 15.9 Å². The number of hydrogen-bond donors (Lipinski definition) is 1. The summed E-state index contributed by atoms with van der Waals surface area (Å²) >= 11 is 3.44. The Morgan fingerprint density at radius 1 is 1.35 bits per heavy atom. The van der Waals surface area contributed by atoms with Gasteiger partial charge in [0, 0.05) is 17.7 Å². The highest BCUT2D eigenvalue weighted by molar-refractivity contribution is 9.10. The third kappa shape index (κ3) is 5.05. The highest BCUT2D eigenvalue weighted by atomic mass is 79.9. The average Bonchev–Trinajstić information content (AvgIpc) is 2.47. The van der Waals surface area contributed by atoms with Gasteiger partial charge in [-0.3, -0.25) is 0 Å². The summed E-state index contributed by atoms with van der Waals surface area (Å²) < 4.78 is 17.5. The van der Waals surface area contributed by atoms with Gasteiger partial charge in [-0.1, -0.05) is 15.9 Å². The zero-order valence-electron chi connectivity index (χ0n) is 11.7. The molecule has 2 rings (SSSR count). The molecular formula is C15H21BrO4. The van der Waals surface area contributed by atoms with Crippen LogP contribution in [0.1, 0.15) is 18.4 Å². The summed E-state index contributed by atoms with van der Waals surface area (Å²) in [4.78, 5) is 0. The topological polar surface area (TPSA) is 47.9 Å². The summed E-state index contributed by atoms with van der Waals surface area (Å²) in [6, 6.07) is 5.76. The highest BCUT2D eigenvalue weighted by Crippen LogP contribution is 2.21. The maximum absolute atomic E-state index is 9.87. The molecule has 0 spiro atoms. The molecule has 1 aromatic rings. The fraction of sp³-hybridized carbons (Fsp3) is 0.600. The van der Waals surface area contributed by atoms with E-state index in [9.17, 15) is 5.11 Å². The van der Waals surface area contributed by atoms with Crippen molar-refractivity contribution in [2.75, 3.05) is 26.4 Å². The Hall–Kier alpha value is -0.620. The Labute approximate surface area is 128 Å². The zero-order valence-corrected chi connectivity index (χ0v) is 13.3. The Morgan fingerprint density at radius 3 is 2.80 bits per heavy atom. The van der Waals surface area contributed by atoms with Crippen LogP contribution in [-0.2, 0) is 9.47 Å². The summed E-state index contributed by atoms with van der Waals surface area (Å²) in [5, 5.41) is 9.87. The molecule has 0 aliphatic carbocycles. The van der Waals surface area contributed by atoms with Gasteiger partial charge in [0.25, 0.3) is 0 Å². The lowest BCUT2D eigenvalue weighted by Gasteiger charge is -2.23. The number of aliphatic hydroxyl groups is 1. The molecule has 0 bridgehead atoms. The van der Waals surface area contributed by atoms with E-state index in [4.69, 9.17) is 14.2 Å². The molecule has 1 N–H and O–H groups in total. The van der Waals surface area contributed by atoms with Crippen LogP contribution in [0, 0.1) is 6.92 Å². The summed E-state index contributed by atoms with van der Waals surface area (Å²) in [7, 11) is 0. The lowest BCUT2D eigenvalue weighted by Crippen LogP contribution is -2.30. The smallest absolute Gasteiger partial charge is 0.119 e. The van der Waals surface area contributed by atoms with Crippen molar-refractivity contribution < 1.29 is 19.3 Å². The van der Waals surface area contributed by atoms with Crippen molar-refractivity contribution in [3.8, 4) is 5.75 Å². The number of rotatable bonds is 6. The Bertz CT molecular complexity index is 418. The van der Waals surface area contributed by atoms with E-state index in [0.717, 1.165) is 41.8 Å². The van der Waals surface area contributed by atoms with Crippen molar-refractivity contribution in [1.82, 2.24) is 0 Å². The maximum Gasteiger partial charge on any atom is 0.119 e. The number of aryl methyl sites for hydroxylation is 1. The number of halogens is 1. The van der Waals surface area contributed by atoms with E-state index >= 15 is 0 Å². The average molecular weight is 345 g/mol. The second kappa shape index (κ2) is 7.98. The summed E-state index contributed by atoms with van der Waals surface area (Å²) in [5.74, 6) is 0.760. The van der Waals surface area contributed by atoms with Crippen molar-refractivity contribution in [2.45, 2.75) is 32.0 Å². The van der Waals surface area contributed by atoms with Gasteiger partial charge in [-0.05, 0) is 43.5 Å². The van der Waals surface area contributed by atoms with Crippen molar-refractivity contribution in [3.05, 3.63) is 28.2 Å². The molecule has 20 heavy (non-hydrogen) atoms. The van der Waals surface area contributed by atoms with Gasteiger partial charge in [0.15, 0.2) is 0 Å². The van der Waals surface area contributed by atoms with Gasteiger partial charge in [-0.15, -0.1) is 0 Å². The van der Waals surface area contributed by atoms with Crippen molar-refractivity contribution in [1.29, 1.82) is 0 Å². The van der Waals surface area contributed by atoms with Crippen LogP contribution in [-0.4, -0.2) is 43.7 Å². The molecule has 4 nitrogen and oxygen atoms in total. The van der Waals surface area contributed by atoms with Gasteiger partial charge in [0.05, 0.1) is 12.7 Å². The van der Waals surface area contributed by atoms with Crippen molar-refractivity contribution in [2.24, 2.45) is 0 Å². The van der Waals surface area contributed by atoms with E-state index < -0.39 is 6.10 Å². The Kier molecular flexibility index (Phi) is 6.29. The minimum Gasteiger partial charge on any atom is -0.491 e. The second-order valence-electron chi connectivity index (χ2n) is 5.02. The van der Waals surface area contributed by atoms with E-state index in [1.165, 1.54) is 0 Å². The zero-order chi connectivity index (χ0) is 14.4. The minimum absolute atomic E-state index is 0.202. The molecule has 0 saturated carbocycles. The van der Waals surface area contributed by atoms with Crippen LogP contribution in [0.15, 0.2) is 22.7 Å². The highest BCUT2D eigenvalue weighted by Gasteiger charge is 2.16. The van der Waals surface area contributed by atoms with Gasteiger partial charge in [-0.25, -0.2) is 0 Å². The van der Waals surface area contributed by atoms with E-state index in [2.05, 4.69) is 15.9 Å². The van der Waals surface area contributed by atoms with E-state index in [1.54, 1.807) is 0 Å². The summed E-state index contributed by atoms with van der Waals surface area (Å²) in [5.41, 5.74) is 1.11. The van der Waals surface area contributed by atoms with Crippen molar-refractivity contribution in [3.63, 3.8) is 0 Å². The summed E-state index contributed by atoms with van der Waals surface area (Å²) in [6.07, 6.45) is 1.40. The fourth-order valence-corrected chi connectivity index (χ4v) is 2.28. The third-order valence-corrected chi connectivity index (χ3v) is 4.15. The molecule has 1 fully saturated rings. The van der Waals surface area contributed by atoms with Gasteiger partial charge in [0.1, 0.15) is 18.5 Å². The first-order chi connectivity index (χ1) is 9.65. The minimum atomic E-state index is -0.609. The van der Waals surface area contributed by atoms with E-state index in [1.807, 2.05) is 25.1 Å². The van der Waals surface area contributed by atoms with E-state index in [0.29, 0.717) is 6.61 Å². The standard InChI is InChI=1S/C15H21BrO4/c1-11-8-14(2-3-15(11)16)20-10-12(17)9-19-13-4-6-18-7-5-13/h2-3,8,12-13,17H,4-7,9-10H2,1H3/t12-/m0/s1. The predicted molar refractivity (Wildman–Crippen MR) is 80.2 cm³/mol. The molecule has 1 atom stereocenters. The first kappa shape index (κ1) is 15.8. The largest absolute Gasteiger partial charge is 0.491 e. The van der Waals surface area contributed by atoms with E-state index in [-0.39, 0.29) is 12.7 Å². The van der Waals surface area contributed by atoms with Gasteiger partial charge in [0.2, 0.25) is 0 Å². The van der Waals surface area contributed by atoms with Crippen LogP contribution < -0.4 is 4.74 Å². The van der Waals surface area contributed by atoms with Crippen LogP contribution in [0.3, 0.4) is 0 Å². The molecule has 1 aromatic carbocycles. The third-order valence-electron chi connectivity index (χ3n) is 3.26. The molecule has 1 aliphatic rings. The van der Waals surface area contributed by atoms with Crippen LogP contribution in [0.2, 0.25) is 0 Å². The van der Waals surface area contributed by atoms with Crippen LogP contribution in [0.25, 0.3) is 0 Å². The first-order valence-corrected chi connectivity index (χ1v) is 7.71. The normalized spacial score (nSPS) is 17.9. The monoisotopic (exact) mass is 344 g/mol. The predicted octanol–water partition coefficient (Wildman–Crippen LogP) is 2.69. The van der Waals surface area contributed by atoms with Gasteiger partial charge < -0.3 is 19.3 Å². The maximum atomic E-state index is 9.87. The lowest BCUT2D eigenvalue weighted by molar-refractivity contribution is -0.0659. The quantitative estimate of drug-likeness (QED) is 0.861. The molecule has 1 saturated heterocycles. The molecule has 1 aliphatic heterocycles. The Balaban J connectivity index is 1.68. The van der Waals surface area contributed by atoms with Crippen LogP contribution in [0.4, 0.5) is 0 Å². The number of hydrogen-bond acceptors (Lipinski definition) is 4. The molecule has 0 unspecified atom stereocenters. The first-order valence-electron chi connectivity index (χ1n) is 6.91.